The first-order valence-corrected chi connectivity index (χ1v) is 7.11. The average molecular weight is 265 g/mol. The maximum atomic E-state index is 12.2. The zero-order valence-corrected chi connectivity index (χ0v) is 11.3. The lowest BCUT2D eigenvalue weighted by Gasteiger charge is -2.40. The van der Waals surface area contributed by atoms with Crippen molar-refractivity contribution in [2.24, 2.45) is 5.41 Å². The number of amides is 1. The second-order valence-corrected chi connectivity index (χ2v) is 5.96. The van der Waals surface area contributed by atoms with Crippen LogP contribution in [0.4, 0.5) is 0 Å². The van der Waals surface area contributed by atoms with Crippen molar-refractivity contribution in [2.45, 2.75) is 18.6 Å². The molecular weight excluding hydrogens is 250 g/mol. The Kier molecular flexibility index (Phi) is 2.79. The highest BCUT2D eigenvalue weighted by atomic mass is 32.2. The van der Waals surface area contributed by atoms with Gasteiger partial charge >= 0.3 is 0 Å². The molecule has 0 atom stereocenters. The molecule has 0 spiro atoms. The van der Waals surface area contributed by atoms with E-state index in [0.29, 0.717) is 12.1 Å². The van der Waals surface area contributed by atoms with Crippen molar-refractivity contribution in [3.8, 4) is 0 Å². The summed E-state index contributed by atoms with van der Waals surface area (Å²) in [5.41, 5.74) is 1.60. The zero-order chi connectivity index (χ0) is 12.8. The second-order valence-electron chi connectivity index (χ2n) is 5.18. The third kappa shape index (κ3) is 1.89. The van der Waals surface area contributed by atoms with Gasteiger partial charge in [0, 0.05) is 18.2 Å². The van der Waals surface area contributed by atoms with Gasteiger partial charge in [-0.25, -0.2) is 9.97 Å². The molecule has 0 bridgehead atoms. The molecule has 6 heteroatoms. The van der Waals surface area contributed by atoms with Crippen LogP contribution in [0.15, 0.2) is 11.4 Å². The third-order valence-corrected chi connectivity index (χ3v) is 3.92. The molecule has 0 saturated carbocycles. The van der Waals surface area contributed by atoms with Gasteiger partial charge in [0.15, 0.2) is 5.16 Å². The molecule has 1 saturated heterocycles. The van der Waals surface area contributed by atoms with Crippen LogP contribution in [0, 0.1) is 5.41 Å². The van der Waals surface area contributed by atoms with Crippen molar-refractivity contribution in [3.05, 3.63) is 17.5 Å². The van der Waals surface area contributed by atoms with E-state index >= 15 is 0 Å². The molecule has 0 N–H and O–H groups in total. The summed E-state index contributed by atoms with van der Waals surface area (Å²) >= 11 is 1.49. The number of carbonyl (C=O) groups excluding carboxylic acids is 1. The molecule has 96 valence electrons. The molecule has 1 aromatic rings. The van der Waals surface area contributed by atoms with Crippen molar-refractivity contribution in [1.29, 1.82) is 0 Å². The standard InChI is InChI=1S/C12H15N3O2S/c1-12(6-17-7-12)5-15-4-9-8(10(15)16)3-13-11(14-9)18-2/h3H,4-7H2,1-2H3. The van der Waals surface area contributed by atoms with Crippen molar-refractivity contribution >= 4 is 17.7 Å². The van der Waals surface area contributed by atoms with E-state index in [4.69, 9.17) is 4.74 Å². The van der Waals surface area contributed by atoms with Crippen LogP contribution >= 0.6 is 11.8 Å². The number of carbonyl (C=O) groups is 1. The van der Waals surface area contributed by atoms with Crippen LogP contribution in [0.25, 0.3) is 0 Å². The van der Waals surface area contributed by atoms with E-state index in [1.807, 2.05) is 11.2 Å². The fourth-order valence-corrected chi connectivity index (χ4v) is 2.71. The average Bonchev–Trinajstić information content (AvgIpc) is 2.64. The van der Waals surface area contributed by atoms with Gasteiger partial charge in [0.05, 0.1) is 31.0 Å². The number of aromatic nitrogens is 2. The predicted octanol–water partition coefficient (Wildman–Crippen LogP) is 1.19. The molecule has 0 aliphatic carbocycles. The molecule has 0 aromatic carbocycles. The summed E-state index contributed by atoms with van der Waals surface area (Å²) in [4.78, 5) is 22.6. The van der Waals surface area contributed by atoms with Crippen molar-refractivity contribution in [1.82, 2.24) is 14.9 Å². The van der Waals surface area contributed by atoms with Gasteiger partial charge in [-0.1, -0.05) is 18.7 Å². The molecule has 3 rings (SSSR count). The van der Waals surface area contributed by atoms with Crippen LogP contribution in [-0.4, -0.2) is 46.8 Å². The Morgan fingerprint density at radius 3 is 2.94 bits per heavy atom. The molecule has 0 unspecified atom stereocenters. The van der Waals surface area contributed by atoms with Crippen LogP contribution < -0.4 is 0 Å². The molecule has 1 aromatic heterocycles. The van der Waals surface area contributed by atoms with Gasteiger partial charge in [0.1, 0.15) is 0 Å². The number of nitrogens with zero attached hydrogens (tertiary/aromatic N) is 3. The van der Waals surface area contributed by atoms with E-state index in [1.165, 1.54) is 11.8 Å². The Hall–Kier alpha value is -1.14. The van der Waals surface area contributed by atoms with Crippen molar-refractivity contribution < 1.29 is 9.53 Å². The van der Waals surface area contributed by atoms with E-state index in [-0.39, 0.29) is 11.3 Å². The summed E-state index contributed by atoms with van der Waals surface area (Å²) in [5.74, 6) is 0.0470. The minimum atomic E-state index is 0.0470. The van der Waals surface area contributed by atoms with E-state index in [1.54, 1.807) is 6.20 Å². The lowest BCUT2D eigenvalue weighted by molar-refractivity contribution is -0.111. The second kappa shape index (κ2) is 4.20. The first-order valence-electron chi connectivity index (χ1n) is 5.88. The fourth-order valence-electron chi connectivity index (χ4n) is 2.35. The minimum absolute atomic E-state index is 0.0470. The van der Waals surface area contributed by atoms with Gasteiger partial charge in [-0.15, -0.1) is 0 Å². The monoisotopic (exact) mass is 265 g/mol. The summed E-state index contributed by atoms with van der Waals surface area (Å²) in [6.45, 7) is 4.94. The van der Waals surface area contributed by atoms with Crippen LogP contribution in [0.3, 0.4) is 0 Å². The van der Waals surface area contributed by atoms with E-state index in [9.17, 15) is 4.79 Å². The lowest BCUT2D eigenvalue weighted by atomic mass is 9.88. The van der Waals surface area contributed by atoms with Crippen molar-refractivity contribution in [2.75, 3.05) is 26.0 Å². The number of fused-ring (bicyclic) bond motifs is 1. The summed E-state index contributed by atoms with van der Waals surface area (Å²) in [6, 6.07) is 0. The van der Waals surface area contributed by atoms with Gasteiger partial charge in [0.2, 0.25) is 0 Å². The Labute approximate surface area is 110 Å². The quantitative estimate of drug-likeness (QED) is 0.607. The molecule has 3 heterocycles. The van der Waals surface area contributed by atoms with Crippen LogP contribution in [0.5, 0.6) is 0 Å². The van der Waals surface area contributed by atoms with Crippen LogP contribution in [0.2, 0.25) is 0 Å². The number of ether oxygens (including phenoxy) is 1. The summed E-state index contributed by atoms with van der Waals surface area (Å²) in [6.07, 6.45) is 3.58. The summed E-state index contributed by atoms with van der Waals surface area (Å²) in [7, 11) is 0. The van der Waals surface area contributed by atoms with Crippen LogP contribution in [-0.2, 0) is 11.3 Å². The van der Waals surface area contributed by atoms with Gasteiger partial charge in [0.25, 0.3) is 5.91 Å². The SMILES string of the molecule is CSc1ncc2c(n1)CN(CC1(C)COC1)C2=O. The minimum Gasteiger partial charge on any atom is -0.380 e. The first kappa shape index (κ1) is 11.9. The van der Waals surface area contributed by atoms with E-state index < -0.39 is 0 Å². The van der Waals surface area contributed by atoms with Crippen molar-refractivity contribution in [3.63, 3.8) is 0 Å². The molecule has 0 radical (unpaired) electrons. The molecular formula is C12H15N3O2S. The maximum Gasteiger partial charge on any atom is 0.257 e. The van der Waals surface area contributed by atoms with E-state index in [2.05, 4.69) is 16.9 Å². The summed E-state index contributed by atoms with van der Waals surface area (Å²) in [5, 5.41) is 0.724. The van der Waals surface area contributed by atoms with Gasteiger partial charge in [-0.3, -0.25) is 4.79 Å². The number of hydrogen-bond donors (Lipinski definition) is 0. The Morgan fingerprint density at radius 2 is 2.33 bits per heavy atom. The lowest BCUT2D eigenvalue weighted by Crippen LogP contribution is -2.48. The maximum absolute atomic E-state index is 12.2. The largest absolute Gasteiger partial charge is 0.380 e. The Balaban J connectivity index is 1.80. The predicted molar refractivity (Wildman–Crippen MR) is 67.5 cm³/mol. The first-order chi connectivity index (χ1) is 8.61. The highest BCUT2D eigenvalue weighted by Gasteiger charge is 2.39. The van der Waals surface area contributed by atoms with E-state index in [0.717, 1.165) is 30.6 Å². The smallest absolute Gasteiger partial charge is 0.257 e. The third-order valence-electron chi connectivity index (χ3n) is 3.36. The number of rotatable bonds is 3. The van der Waals surface area contributed by atoms with Gasteiger partial charge in [-0.2, -0.15) is 0 Å². The molecule has 1 fully saturated rings. The normalized spacial score (nSPS) is 20.8. The van der Waals surface area contributed by atoms with Gasteiger partial charge in [-0.05, 0) is 6.26 Å². The molecule has 18 heavy (non-hydrogen) atoms. The number of thioether (sulfide) groups is 1. The highest BCUT2D eigenvalue weighted by Crippen LogP contribution is 2.31. The molecule has 2 aliphatic rings. The Bertz CT molecular complexity index is 502. The zero-order valence-electron chi connectivity index (χ0n) is 10.5. The molecule has 2 aliphatic heterocycles. The topological polar surface area (TPSA) is 55.3 Å². The Morgan fingerprint density at radius 1 is 1.56 bits per heavy atom. The molecule has 1 amide bonds. The highest BCUT2D eigenvalue weighted by molar-refractivity contribution is 7.98. The fraction of sp³-hybridized carbons (Fsp3) is 0.583. The van der Waals surface area contributed by atoms with Gasteiger partial charge < -0.3 is 9.64 Å². The molecule has 5 nitrogen and oxygen atoms in total. The summed E-state index contributed by atoms with van der Waals surface area (Å²) < 4.78 is 5.23. The number of hydrogen-bond acceptors (Lipinski definition) is 5. The van der Waals surface area contributed by atoms with Crippen LogP contribution in [0.1, 0.15) is 23.0 Å².